The van der Waals surface area contributed by atoms with Gasteiger partial charge in [-0.1, -0.05) is 140 Å². The quantitative estimate of drug-likeness (QED) is 0.174. The standard InChI is InChI=1S/C49H33N/c1-3-13-33(14-4-1)44-29-35-17-7-8-18-36(35)30-46(44)37-23-25-43-42-26-24-41(28-40(42)32-45(47(43)31-37)34-15-5-2-6-16-34)50-48-21-11-9-19-38(48)27-39-20-10-12-22-49(39)50/h1-26,28-32H,27H2. The van der Waals surface area contributed by atoms with E-state index in [-0.39, 0.29) is 0 Å². The van der Waals surface area contributed by atoms with Crippen molar-refractivity contribution in [3.05, 3.63) is 199 Å². The number of benzene rings is 9. The van der Waals surface area contributed by atoms with Gasteiger partial charge in [0, 0.05) is 23.5 Å². The molecular weight excluding hydrogens is 603 g/mol. The first kappa shape index (κ1) is 28.6. The molecule has 0 aromatic heterocycles. The first-order valence-corrected chi connectivity index (χ1v) is 17.4. The lowest BCUT2D eigenvalue weighted by Gasteiger charge is -2.33. The van der Waals surface area contributed by atoms with Crippen LogP contribution >= 0.6 is 0 Å². The van der Waals surface area contributed by atoms with Crippen LogP contribution in [0.4, 0.5) is 17.1 Å². The fraction of sp³-hybridized carbons (Fsp3) is 0.0204. The molecule has 1 heterocycles. The molecule has 0 saturated heterocycles. The van der Waals surface area contributed by atoms with Crippen molar-refractivity contribution in [2.45, 2.75) is 6.42 Å². The molecule has 1 nitrogen and oxygen atoms in total. The second kappa shape index (κ2) is 11.6. The van der Waals surface area contributed by atoms with E-state index in [1.165, 1.54) is 93.9 Å². The highest BCUT2D eigenvalue weighted by Crippen LogP contribution is 2.46. The Morgan fingerprint density at radius 2 is 0.840 bits per heavy atom. The van der Waals surface area contributed by atoms with Crippen molar-refractivity contribution in [1.82, 2.24) is 0 Å². The number of para-hydroxylation sites is 2. The highest BCUT2D eigenvalue weighted by atomic mass is 15.2. The summed E-state index contributed by atoms with van der Waals surface area (Å²) in [5.41, 5.74) is 13.8. The monoisotopic (exact) mass is 635 g/mol. The average Bonchev–Trinajstić information content (AvgIpc) is 3.19. The predicted octanol–water partition coefficient (Wildman–Crippen LogP) is 13.5. The van der Waals surface area contributed by atoms with Crippen LogP contribution in [0.1, 0.15) is 11.1 Å². The van der Waals surface area contributed by atoms with Gasteiger partial charge in [-0.25, -0.2) is 0 Å². The maximum atomic E-state index is 2.44. The summed E-state index contributed by atoms with van der Waals surface area (Å²) in [6.45, 7) is 0. The summed E-state index contributed by atoms with van der Waals surface area (Å²) >= 11 is 0. The molecule has 0 unspecified atom stereocenters. The Kier molecular flexibility index (Phi) is 6.63. The van der Waals surface area contributed by atoms with E-state index < -0.39 is 0 Å². The van der Waals surface area contributed by atoms with Crippen molar-refractivity contribution < 1.29 is 0 Å². The molecule has 234 valence electrons. The van der Waals surface area contributed by atoms with Crippen molar-refractivity contribution in [2.24, 2.45) is 0 Å². The summed E-state index contributed by atoms with van der Waals surface area (Å²) < 4.78 is 0. The molecule has 0 aliphatic carbocycles. The van der Waals surface area contributed by atoms with E-state index in [9.17, 15) is 0 Å². The summed E-state index contributed by atoms with van der Waals surface area (Å²) in [4.78, 5) is 2.44. The van der Waals surface area contributed by atoms with Crippen LogP contribution in [0.3, 0.4) is 0 Å². The molecule has 0 atom stereocenters. The number of fused-ring (bicyclic) bond motifs is 6. The number of rotatable bonds is 4. The maximum Gasteiger partial charge on any atom is 0.0497 e. The summed E-state index contributed by atoms with van der Waals surface area (Å²) in [6.07, 6.45) is 0.949. The second-order valence-corrected chi connectivity index (χ2v) is 13.3. The van der Waals surface area contributed by atoms with Gasteiger partial charge < -0.3 is 4.90 Å². The van der Waals surface area contributed by atoms with Gasteiger partial charge in [-0.2, -0.15) is 0 Å². The molecule has 0 fully saturated rings. The fourth-order valence-corrected chi connectivity index (χ4v) is 8.02. The van der Waals surface area contributed by atoms with Gasteiger partial charge in [-0.3, -0.25) is 0 Å². The number of anilines is 3. The highest BCUT2D eigenvalue weighted by Gasteiger charge is 2.24. The van der Waals surface area contributed by atoms with Gasteiger partial charge in [0.1, 0.15) is 0 Å². The van der Waals surface area contributed by atoms with Crippen molar-refractivity contribution in [3.8, 4) is 33.4 Å². The Morgan fingerprint density at radius 1 is 0.320 bits per heavy atom. The van der Waals surface area contributed by atoms with Crippen LogP contribution in [-0.2, 0) is 6.42 Å². The van der Waals surface area contributed by atoms with E-state index in [0.717, 1.165) is 6.42 Å². The van der Waals surface area contributed by atoms with Gasteiger partial charge in [0.05, 0.1) is 0 Å². The third-order valence-corrected chi connectivity index (χ3v) is 10.4. The van der Waals surface area contributed by atoms with Gasteiger partial charge in [-0.05, 0) is 125 Å². The topological polar surface area (TPSA) is 3.24 Å². The van der Waals surface area contributed by atoms with Crippen LogP contribution in [0.2, 0.25) is 0 Å². The van der Waals surface area contributed by atoms with Crippen LogP contribution in [0.25, 0.3) is 65.7 Å². The lowest BCUT2D eigenvalue weighted by Crippen LogP contribution is -2.18. The average molecular weight is 636 g/mol. The molecule has 1 aliphatic heterocycles. The van der Waals surface area contributed by atoms with Gasteiger partial charge in [0.25, 0.3) is 0 Å². The van der Waals surface area contributed by atoms with E-state index in [1.54, 1.807) is 0 Å². The number of hydrogen-bond donors (Lipinski definition) is 0. The van der Waals surface area contributed by atoms with E-state index in [1.807, 2.05) is 0 Å². The zero-order valence-corrected chi connectivity index (χ0v) is 27.6. The number of hydrogen-bond acceptors (Lipinski definition) is 1. The molecule has 0 spiro atoms. The lowest BCUT2D eigenvalue weighted by atomic mass is 9.87. The van der Waals surface area contributed by atoms with Gasteiger partial charge in [-0.15, -0.1) is 0 Å². The summed E-state index contributed by atoms with van der Waals surface area (Å²) in [7, 11) is 0. The zero-order chi connectivity index (χ0) is 33.0. The first-order valence-electron chi connectivity index (χ1n) is 17.4. The van der Waals surface area contributed by atoms with Crippen molar-refractivity contribution in [2.75, 3.05) is 4.90 Å². The Hall–Kier alpha value is -6.44. The molecule has 0 bridgehead atoms. The Bertz CT molecular complexity index is 2680. The van der Waals surface area contributed by atoms with Gasteiger partial charge >= 0.3 is 0 Å². The summed E-state index contributed by atoms with van der Waals surface area (Å²) in [5.74, 6) is 0. The van der Waals surface area contributed by atoms with E-state index >= 15 is 0 Å². The third kappa shape index (κ3) is 4.70. The van der Waals surface area contributed by atoms with Crippen LogP contribution in [0.5, 0.6) is 0 Å². The zero-order valence-electron chi connectivity index (χ0n) is 27.6. The van der Waals surface area contributed by atoms with Crippen molar-refractivity contribution in [3.63, 3.8) is 0 Å². The van der Waals surface area contributed by atoms with E-state index in [4.69, 9.17) is 0 Å². The second-order valence-electron chi connectivity index (χ2n) is 13.3. The molecule has 0 radical (unpaired) electrons. The Balaban J connectivity index is 1.20. The molecule has 0 N–H and O–H groups in total. The minimum Gasteiger partial charge on any atom is -0.310 e. The molecule has 0 amide bonds. The predicted molar refractivity (Wildman–Crippen MR) is 213 cm³/mol. The van der Waals surface area contributed by atoms with Gasteiger partial charge in [0.2, 0.25) is 0 Å². The lowest BCUT2D eigenvalue weighted by molar-refractivity contribution is 1.09. The summed E-state index contributed by atoms with van der Waals surface area (Å²) in [6, 6.07) is 69.1. The smallest absolute Gasteiger partial charge is 0.0497 e. The molecule has 9 aromatic rings. The minimum absolute atomic E-state index is 0.949. The van der Waals surface area contributed by atoms with E-state index in [2.05, 4.69) is 193 Å². The van der Waals surface area contributed by atoms with Crippen molar-refractivity contribution >= 4 is 49.4 Å². The molecule has 0 saturated carbocycles. The molecule has 9 aromatic carbocycles. The maximum absolute atomic E-state index is 2.44. The SMILES string of the molecule is c1ccc(-c2cc3ccccc3cc2-c2ccc3c(c2)c(-c2ccccc2)cc2cc(N4c5ccccc5Cc5ccccc54)ccc23)cc1. The summed E-state index contributed by atoms with van der Waals surface area (Å²) in [5, 5.41) is 7.51. The van der Waals surface area contributed by atoms with Crippen LogP contribution < -0.4 is 4.90 Å². The van der Waals surface area contributed by atoms with Gasteiger partial charge in [0.15, 0.2) is 0 Å². The van der Waals surface area contributed by atoms with Crippen molar-refractivity contribution in [1.29, 1.82) is 0 Å². The van der Waals surface area contributed by atoms with Crippen LogP contribution in [0, 0.1) is 0 Å². The van der Waals surface area contributed by atoms with Crippen LogP contribution in [-0.4, -0.2) is 0 Å². The molecule has 10 rings (SSSR count). The molecule has 1 aliphatic rings. The highest BCUT2D eigenvalue weighted by molar-refractivity contribution is 6.16. The Labute approximate surface area is 292 Å². The first-order chi connectivity index (χ1) is 24.8. The minimum atomic E-state index is 0.949. The Morgan fingerprint density at radius 3 is 1.50 bits per heavy atom. The van der Waals surface area contributed by atoms with Crippen LogP contribution in [0.15, 0.2) is 188 Å². The van der Waals surface area contributed by atoms with E-state index in [0.29, 0.717) is 0 Å². The largest absolute Gasteiger partial charge is 0.310 e. The molecular formula is C49H33N. The molecule has 50 heavy (non-hydrogen) atoms. The fourth-order valence-electron chi connectivity index (χ4n) is 8.02. The number of nitrogens with zero attached hydrogens (tertiary/aromatic N) is 1. The third-order valence-electron chi connectivity index (χ3n) is 10.4. The normalized spacial score (nSPS) is 12.3. The molecule has 1 heteroatoms.